The molecule has 0 spiro atoms. The van der Waals surface area contributed by atoms with Crippen LogP contribution in [0.1, 0.15) is 51.2 Å². The minimum absolute atomic E-state index is 0.0700. The molecule has 0 radical (unpaired) electrons. The fraction of sp³-hybridized carbons (Fsp3) is 0.500. The number of nitrogens with one attached hydrogen (secondary N) is 1. The predicted octanol–water partition coefficient (Wildman–Crippen LogP) is 4.24. The van der Waals surface area contributed by atoms with Crippen LogP contribution in [-0.4, -0.2) is 102 Å². The van der Waals surface area contributed by atoms with E-state index in [0.29, 0.717) is 36.2 Å². The number of benzene rings is 1. The maximum atomic E-state index is 14.7. The second-order valence-electron chi connectivity index (χ2n) is 11.3. The Kier molecular flexibility index (Phi) is 10.6. The number of rotatable bonds is 8. The van der Waals surface area contributed by atoms with Gasteiger partial charge in [-0.3, -0.25) is 14.7 Å². The number of aromatic nitrogens is 1. The Labute approximate surface area is 265 Å². The second kappa shape index (κ2) is 14.0. The Morgan fingerprint density at radius 3 is 2.59 bits per heavy atom. The fourth-order valence-corrected chi connectivity index (χ4v) is 6.21. The van der Waals surface area contributed by atoms with Crippen LogP contribution < -0.4 is 5.32 Å². The van der Waals surface area contributed by atoms with E-state index in [2.05, 4.69) is 10.3 Å². The Bertz CT molecular complexity index is 1440. The predicted molar refractivity (Wildman–Crippen MR) is 166 cm³/mol. The van der Waals surface area contributed by atoms with Gasteiger partial charge in [-0.1, -0.05) is 23.7 Å². The van der Waals surface area contributed by atoms with Crippen molar-refractivity contribution in [1.82, 2.24) is 25.0 Å². The van der Waals surface area contributed by atoms with E-state index in [9.17, 15) is 18.8 Å². The molecular formula is C30H38ClFN6O5S. The van der Waals surface area contributed by atoms with Gasteiger partial charge in [-0.15, -0.1) is 11.3 Å². The van der Waals surface area contributed by atoms with Crippen molar-refractivity contribution < 1.29 is 28.2 Å². The molecule has 1 fully saturated rings. The average Bonchev–Trinajstić information content (AvgIpc) is 3.53. The Hall–Kier alpha value is -3.55. The van der Waals surface area contributed by atoms with Crippen LogP contribution in [0.3, 0.4) is 0 Å². The number of thiazole rings is 1. The highest BCUT2D eigenvalue weighted by Crippen LogP contribution is 2.37. The Morgan fingerprint density at radius 1 is 1.23 bits per heavy atom. The highest BCUT2D eigenvalue weighted by atomic mass is 35.5. The third kappa shape index (κ3) is 7.05. The van der Waals surface area contributed by atoms with Crippen molar-refractivity contribution >= 4 is 46.7 Å². The lowest BCUT2D eigenvalue weighted by Crippen LogP contribution is -2.62. The van der Waals surface area contributed by atoms with E-state index in [1.54, 1.807) is 34.4 Å². The van der Waals surface area contributed by atoms with E-state index in [1.165, 1.54) is 30.6 Å². The topological polar surface area (TPSA) is 117 Å². The zero-order valence-corrected chi connectivity index (χ0v) is 27.3. The first kappa shape index (κ1) is 33.3. The number of nitrogens with zero attached hydrogens (tertiary/aromatic N) is 5. The minimum atomic E-state index is -1.02. The van der Waals surface area contributed by atoms with E-state index < -0.39 is 35.4 Å². The van der Waals surface area contributed by atoms with Gasteiger partial charge in [0.15, 0.2) is 10.8 Å². The number of urea groups is 1. The van der Waals surface area contributed by atoms with Crippen molar-refractivity contribution in [3.05, 3.63) is 62.5 Å². The molecule has 4 rings (SSSR count). The van der Waals surface area contributed by atoms with Gasteiger partial charge in [0.1, 0.15) is 17.9 Å². The summed E-state index contributed by atoms with van der Waals surface area (Å²) in [5, 5.41) is 5.41. The zero-order chi connectivity index (χ0) is 32.2. The summed E-state index contributed by atoms with van der Waals surface area (Å²) in [6, 6.07) is 2.32. The maximum absolute atomic E-state index is 14.7. The summed E-state index contributed by atoms with van der Waals surface area (Å²) in [5.74, 6) is -1.47. The average molecular weight is 649 g/mol. The molecule has 1 aromatic carbocycles. The maximum Gasteiger partial charge on any atom is 0.338 e. The second-order valence-corrected chi connectivity index (χ2v) is 12.5. The van der Waals surface area contributed by atoms with Gasteiger partial charge in [-0.05, 0) is 40.7 Å². The Balaban J connectivity index is 1.76. The van der Waals surface area contributed by atoms with Crippen LogP contribution in [0.15, 0.2) is 46.0 Å². The van der Waals surface area contributed by atoms with Crippen molar-refractivity contribution in [1.29, 1.82) is 0 Å². The summed E-state index contributed by atoms with van der Waals surface area (Å²) in [5.41, 5.74) is 0.400. The van der Waals surface area contributed by atoms with E-state index in [1.807, 2.05) is 32.6 Å². The van der Waals surface area contributed by atoms with Crippen molar-refractivity contribution in [3.8, 4) is 0 Å². The van der Waals surface area contributed by atoms with Crippen molar-refractivity contribution in [2.45, 2.75) is 52.2 Å². The smallest absolute Gasteiger partial charge is 0.338 e. The molecule has 11 nitrogen and oxygen atoms in total. The summed E-state index contributed by atoms with van der Waals surface area (Å²) in [4.78, 5) is 54.5. The summed E-state index contributed by atoms with van der Waals surface area (Å²) < 4.78 is 25.2. The number of ether oxygens (including phenoxy) is 2. The van der Waals surface area contributed by atoms with E-state index in [0.717, 1.165) is 0 Å². The van der Waals surface area contributed by atoms with Crippen LogP contribution >= 0.6 is 22.9 Å². The zero-order valence-electron chi connectivity index (χ0n) is 25.7. The number of aliphatic imine (C=N–C) groups is 1. The van der Waals surface area contributed by atoms with Gasteiger partial charge in [-0.2, -0.15) is 0 Å². The molecule has 2 amide bonds. The molecule has 2 atom stereocenters. The molecule has 2 aliphatic rings. The molecule has 2 aromatic rings. The van der Waals surface area contributed by atoms with Gasteiger partial charge in [0, 0.05) is 61.1 Å². The summed E-state index contributed by atoms with van der Waals surface area (Å²) in [6.07, 6.45) is 1.62. The van der Waals surface area contributed by atoms with Gasteiger partial charge in [0.25, 0.3) is 0 Å². The standard InChI is InChI=1S/C30H38ClFN6O5S/c1-7-38(30(3,4)5)29(41)37-14-13-36(21(17-37)27(39)42-6)16-20-22(28(40)43-8-2)24(18-10-9-11-19(32)23(18)31)35-25(34-20)26-33-12-15-44-26/h9-12,15,21,24H,7-8,13-14,16-17H2,1-6H3,(H,34,35)/t21-,24-/m0/s1. The molecule has 44 heavy (non-hydrogen) atoms. The first-order valence-electron chi connectivity index (χ1n) is 14.4. The minimum Gasteiger partial charge on any atom is -0.468 e. The molecule has 1 saturated heterocycles. The lowest BCUT2D eigenvalue weighted by atomic mass is 9.94. The summed E-state index contributed by atoms with van der Waals surface area (Å²) in [6.45, 7) is 10.9. The molecule has 0 bridgehead atoms. The van der Waals surface area contributed by atoms with Crippen LogP contribution in [0, 0.1) is 5.82 Å². The quantitative estimate of drug-likeness (QED) is 0.423. The molecule has 14 heteroatoms. The Morgan fingerprint density at radius 2 is 1.98 bits per heavy atom. The highest BCUT2D eigenvalue weighted by molar-refractivity contribution is 7.11. The number of methoxy groups -OCH3 is 1. The van der Waals surface area contributed by atoms with Gasteiger partial charge >= 0.3 is 18.0 Å². The van der Waals surface area contributed by atoms with Crippen LogP contribution in [0.4, 0.5) is 9.18 Å². The van der Waals surface area contributed by atoms with Crippen LogP contribution in [0.25, 0.3) is 0 Å². The molecule has 1 N–H and O–H groups in total. The van der Waals surface area contributed by atoms with Gasteiger partial charge < -0.3 is 24.6 Å². The largest absolute Gasteiger partial charge is 0.468 e. The van der Waals surface area contributed by atoms with Crippen LogP contribution in [-0.2, 0) is 19.1 Å². The third-order valence-corrected chi connectivity index (χ3v) is 8.66. The number of hydrogen-bond donors (Lipinski definition) is 1. The summed E-state index contributed by atoms with van der Waals surface area (Å²) in [7, 11) is 1.30. The lowest BCUT2D eigenvalue weighted by Gasteiger charge is -2.44. The first-order chi connectivity index (χ1) is 20.9. The molecule has 2 aliphatic heterocycles. The van der Waals surface area contributed by atoms with Crippen molar-refractivity contribution in [3.63, 3.8) is 0 Å². The lowest BCUT2D eigenvalue weighted by molar-refractivity contribution is -0.148. The molecular weight excluding hydrogens is 611 g/mol. The normalized spacial score (nSPS) is 19.3. The molecule has 0 aliphatic carbocycles. The number of carbonyl (C=O) groups excluding carboxylic acids is 3. The molecule has 1 aromatic heterocycles. The number of halogens is 2. The SMILES string of the molecule is CCOC(=O)C1=C(CN2CCN(C(=O)N(CC)C(C)(C)C)C[C@H]2C(=O)OC)NC(c2nccs2)=N[C@H]1c1cccc(F)c1Cl. The van der Waals surface area contributed by atoms with Crippen molar-refractivity contribution in [2.24, 2.45) is 4.99 Å². The molecule has 3 heterocycles. The first-order valence-corrected chi connectivity index (χ1v) is 15.6. The van der Waals surface area contributed by atoms with Gasteiger partial charge in [-0.25, -0.2) is 19.0 Å². The molecule has 0 unspecified atom stereocenters. The van der Waals surface area contributed by atoms with Crippen LogP contribution in [0.5, 0.6) is 0 Å². The monoisotopic (exact) mass is 648 g/mol. The number of amidine groups is 1. The van der Waals surface area contributed by atoms with E-state index in [-0.39, 0.29) is 41.9 Å². The molecule has 238 valence electrons. The molecule has 0 saturated carbocycles. The number of amides is 2. The van der Waals surface area contributed by atoms with Crippen molar-refractivity contribution in [2.75, 3.05) is 46.4 Å². The number of piperazine rings is 1. The van der Waals surface area contributed by atoms with Gasteiger partial charge in [0.2, 0.25) is 0 Å². The van der Waals surface area contributed by atoms with Crippen LogP contribution in [0.2, 0.25) is 5.02 Å². The van der Waals surface area contributed by atoms with E-state index >= 15 is 0 Å². The van der Waals surface area contributed by atoms with E-state index in [4.69, 9.17) is 26.1 Å². The fourth-order valence-electron chi connectivity index (χ4n) is 5.39. The van der Waals surface area contributed by atoms with Gasteiger partial charge in [0.05, 0.1) is 24.3 Å². The number of carbonyl (C=O) groups is 3. The number of esters is 2. The summed E-state index contributed by atoms with van der Waals surface area (Å²) >= 11 is 7.75. The number of hydrogen-bond acceptors (Lipinski definition) is 10. The highest BCUT2D eigenvalue weighted by Gasteiger charge is 2.41. The third-order valence-electron chi connectivity index (χ3n) is 7.49.